The van der Waals surface area contributed by atoms with Crippen LogP contribution >= 0.6 is 15.9 Å². The maximum Gasteiger partial charge on any atom is 0.283 e. The van der Waals surface area contributed by atoms with Crippen LogP contribution in [0.5, 0.6) is 0 Å². The van der Waals surface area contributed by atoms with Gasteiger partial charge in [-0.25, -0.2) is 0 Å². The largest absolute Gasteiger partial charge is 0.294 e. The summed E-state index contributed by atoms with van der Waals surface area (Å²) in [6.45, 7) is 3.71. The smallest absolute Gasteiger partial charge is 0.283 e. The maximum absolute atomic E-state index is 12.0. The Kier molecular flexibility index (Phi) is 2.38. The first-order chi connectivity index (χ1) is 7.33. The van der Waals surface area contributed by atoms with Crippen LogP contribution in [0.15, 0.2) is 16.6 Å². The van der Waals surface area contributed by atoms with E-state index in [1.54, 1.807) is 6.07 Å². The number of Topliss-reactive ketones (excluding diaryl/α,β-unsaturated/α-hetero) is 1. The third kappa shape index (κ3) is 1.55. The van der Waals surface area contributed by atoms with Crippen molar-refractivity contribution in [3.05, 3.63) is 37.8 Å². The summed E-state index contributed by atoms with van der Waals surface area (Å²) < 4.78 is 0.363. The Labute approximate surface area is 101 Å². The van der Waals surface area contributed by atoms with Gasteiger partial charge in [0.15, 0.2) is 5.78 Å². The molecule has 0 bridgehead atoms. The minimum Gasteiger partial charge on any atom is -0.294 e. The number of fused-ring (bicyclic) bond motifs is 1. The van der Waals surface area contributed by atoms with Gasteiger partial charge in [0.1, 0.15) is 0 Å². The molecule has 1 aromatic rings. The summed E-state index contributed by atoms with van der Waals surface area (Å²) in [5.74, 6) is 0.0538. The summed E-state index contributed by atoms with van der Waals surface area (Å²) in [6, 6.07) is 3.05. The molecule has 0 spiro atoms. The second kappa shape index (κ2) is 3.38. The standard InChI is InChI=1S/C11H10BrNO3/c1-11(2)5-6-3-9(13(15)16)8(12)4-7(6)10(11)14/h3-4H,5H2,1-2H3. The van der Waals surface area contributed by atoms with E-state index in [0.717, 1.165) is 5.56 Å². The van der Waals surface area contributed by atoms with Crippen LogP contribution in [-0.4, -0.2) is 10.7 Å². The van der Waals surface area contributed by atoms with Crippen molar-refractivity contribution >= 4 is 27.4 Å². The van der Waals surface area contributed by atoms with Crippen molar-refractivity contribution in [3.63, 3.8) is 0 Å². The van der Waals surface area contributed by atoms with Crippen LogP contribution in [0.3, 0.4) is 0 Å². The molecule has 1 aliphatic carbocycles. The molecule has 0 aromatic heterocycles. The van der Waals surface area contributed by atoms with Crippen LogP contribution < -0.4 is 0 Å². The SMILES string of the molecule is CC1(C)Cc2cc([N+](=O)[O-])c(Br)cc2C1=O. The van der Waals surface area contributed by atoms with Gasteiger partial charge in [-0.2, -0.15) is 0 Å². The van der Waals surface area contributed by atoms with Crippen molar-refractivity contribution in [2.24, 2.45) is 5.41 Å². The third-order valence-corrected chi connectivity index (χ3v) is 3.50. The van der Waals surface area contributed by atoms with E-state index in [9.17, 15) is 14.9 Å². The fraction of sp³-hybridized carbons (Fsp3) is 0.364. The van der Waals surface area contributed by atoms with E-state index in [0.29, 0.717) is 16.5 Å². The fourth-order valence-corrected chi connectivity index (χ4v) is 2.51. The normalized spacial score (nSPS) is 17.3. The molecule has 0 amide bonds. The summed E-state index contributed by atoms with van der Waals surface area (Å²) in [7, 11) is 0. The molecule has 0 aliphatic heterocycles. The average Bonchev–Trinajstić information content (AvgIpc) is 2.38. The minimum absolute atomic E-state index is 0.0178. The van der Waals surface area contributed by atoms with E-state index in [1.807, 2.05) is 13.8 Å². The van der Waals surface area contributed by atoms with E-state index in [2.05, 4.69) is 15.9 Å². The molecule has 84 valence electrons. The first-order valence-corrected chi connectivity index (χ1v) is 5.64. The predicted octanol–water partition coefficient (Wildman–Crippen LogP) is 3.12. The van der Waals surface area contributed by atoms with Crippen LogP contribution in [0.25, 0.3) is 0 Å². The Morgan fingerprint density at radius 1 is 1.44 bits per heavy atom. The number of rotatable bonds is 1. The molecule has 1 aliphatic rings. The molecule has 0 unspecified atom stereocenters. The molecule has 2 rings (SSSR count). The van der Waals surface area contributed by atoms with Gasteiger partial charge in [0, 0.05) is 17.0 Å². The number of halogens is 1. The molecule has 0 saturated carbocycles. The lowest BCUT2D eigenvalue weighted by Gasteiger charge is -2.12. The number of hydrogen-bond donors (Lipinski definition) is 0. The summed E-state index contributed by atoms with van der Waals surface area (Å²) in [5.41, 5.74) is 0.938. The van der Waals surface area contributed by atoms with Crippen LogP contribution in [0, 0.1) is 15.5 Å². The minimum atomic E-state index is -0.447. The zero-order valence-corrected chi connectivity index (χ0v) is 10.5. The van der Waals surface area contributed by atoms with Crippen LogP contribution in [0.1, 0.15) is 29.8 Å². The van der Waals surface area contributed by atoms with E-state index in [4.69, 9.17) is 0 Å². The maximum atomic E-state index is 12.0. The molecule has 5 heteroatoms. The summed E-state index contributed by atoms with van der Waals surface area (Å²) in [4.78, 5) is 22.3. The van der Waals surface area contributed by atoms with Gasteiger partial charge in [0.2, 0.25) is 0 Å². The van der Waals surface area contributed by atoms with Gasteiger partial charge in [0.05, 0.1) is 9.40 Å². The zero-order valence-electron chi connectivity index (χ0n) is 8.91. The molecule has 1 aromatic carbocycles. The van der Waals surface area contributed by atoms with Crippen molar-refractivity contribution in [1.82, 2.24) is 0 Å². The van der Waals surface area contributed by atoms with Gasteiger partial charge in [-0.15, -0.1) is 0 Å². The monoisotopic (exact) mass is 283 g/mol. The fourth-order valence-electron chi connectivity index (χ4n) is 2.02. The van der Waals surface area contributed by atoms with Crippen molar-refractivity contribution in [1.29, 1.82) is 0 Å². The van der Waals surface area contributed by atoms with Crippen molar-refractivity contribution in [2.75, 3.05) is 0 Å². The lowest BCUT2D eigenvalue weighted by Crippen LogP contribution is -2.18. The van der Waals surface area contributed by atoms with E-state index in [1.165, 1.54) is 6.07 Å². The Balaban J connectivity index is 2.61. The summed E-state index contributed by atoms with van der Waals surface area (Å²) in [6.07, 6.45) is 0.565. The number of nitro benzene ring substituents is 1. The molecular formula is C11H10BrNO3. The number of hydrogen-bond acceptors (Lipinski definition) is 3. The van der Waals surface area contributed by atoms with Gasteiger partial charge in [-0.05, 0) is 34.0 Å². The van der Waals surface area contributed by atoms with E-state index < -0.39 is 10.3 Å². The first-order valence-electron chi connectivity index (χ1n) is 4.84. The molecular weight excluding hydrogens is 274 g/mol. The Morgan fingerprint density at radius 3 is 2.62 bits per heavy atom. The van der Waals surface area contributed by atoms with Crippen LogP contribution in [0.2, 0.25) is 0 Å². The first kappa shape index (κ1) is 11.3. The highest BCUT2D eigenvalue weighted by Gasteiger charge is 2.38. The number of carbonyl (C=O) groups is 1. The highest BCUT2D eigenvalue weighted by atomic mass is 79.9. The summed E-state index contributed by atoms with van der Waals surface area (Å²) in [5, 5.41) is 10.8. The Morgan fingerprint density at radius 2 is 2.06 bits per heavy atom. The quantitative estimate of drug-likeness (QED) is 0.588. The molecule has 0 atom stereocenters. The topological polar surface area (TPSA) is 60.2 Å². The zero-order chi connectivity index (χ0) is 12.1. The Bertz CT molecular complexity index is 508. The van der Waals surface area contributed by atoms with Gasteiger partial charge in [0.25, 0.3) is 5.69 Å². The highest BCUT2D eigenvalue weighted by Crippen LogP contribution is 2.40. The lowest BCUT2D eigenvalue weighted by atomic mass is 9.89. The van der Waals surface area contributed by atoms with Gasteiger partial charge in [-0.1, -0.05) is 13.8 Å². The van der Waals surface area contributed by atoms with Crippen molar-refractivity contribution < 1.29 is 9.72 Å². The molecule has 4 nitrogen and oxygen atoms in total. The molecule has 0 fully saturated rings. The van der Waals surface area contributed by atoms with Gasteiger partial charge in [-0.3, -0.25) is 14.9 Å². The second-order valence-electron chi connectivity index (χ2n) is 4.61. The number of carbonyl (C=O) groups excluding carboxylic acids is 1. The molecule has 0 N–H and O–H groups in total. The Hall–Kier alpha value is -1.23. The molecule has 0 radical (unpaired) electrons. The average molecular weight is 284 g/mol. The van der Waals surface area contributed by atoms with Crippen LogP contribution in [0.4, 0.5) is 5.69 Å². The van der Waals surface area contributed by atoms with Crippen molar-refractivity contribution in [3.8, 4) is 0 Å². The number of nitrogens with zero attached hydrogens (tertiary/aromatic N) is 1. The predicted molar refractivity (Wildman–Crippen MR) is 62.6 cm³/mol. The van der Waals surface area contributed by atoms with Crippen molar-refractivity contribution in [2.45, 2.75) is 20.3 Å². The highest BCUT2D eigenvalue weighted by molar-refractivity contribution is 9.10. The number of nitro groups is 1. The van der Waals surface area contributed by atoms with Gasteiger partial charge < -0.3 is 0 Å². The van der Waals surface area contributed by atoms with E-state index in [-0.39, 0.29) is 11.5 Å². The molecule has 0 saturated heterocycles. The van der Waals surface area contributed by atoms with Gasteiger partial charge >= 0.3 is 0 Å². The number of ketones is 1. The summed E-state index contributed by atoms with van der Waals surface area (Å²) >= 11 is 3.12. The second-order valence-corrected chi connectivity index (χ2v) is 5.46. The molecule has 0 heterocycles. The lowest BCUT2D eigenvalue weighted by molar-refractivity contribution is -0.385. The third-order valence-electron chi connectivity index (χ3n) is 2.86. The molecule has 16 heavy (non-hydrogen) atoms. The van der Waals surface area contributed by atoms with E-state index >= 15 is 0 Å². The van der Waals surface area contributed by atoms with Crippen LogP contribution in [-0.2, 0) is 6.42 Å². The number of benzene rings is 1.